The highest BCUT2D eigenvalue weighted by Gasteiger charge is 2.26. The zero-order valence-electron chi connectivity index (χ0n) is 8.08. The molecule has 0 aromatic heterocycles. The summed E-state index contributed by atoms with van der Waals surface area (Å²) in [7, 11) is -0.920. The largest absolute Gasteiger partial charge is 0.361 e. The van der Waals surface area contributed by atoms with Crippen LogP contribution in [0.4, 0.5) is 0 Å². The molecule has 0 saturated carbocycles. The molecule has 13 heavy (non-hydrogen) atoms. The van der Waals surface area contributed by atoms with Crippen molar-refractivity contribution in [1.82, 2.24) is 4.90 Å². The molecule has 0 bridgehead atoms. The van der Waals surface area contributed by atoms with Gasteiger partial charge in [-0.3, -0.25) is 5.41 Å². The lowest BCUT2D eigenvalue weighted by atomic mass is 10.1. The van der Waals surface area contributed by atoms with Crippen LogP contribution in [0.2, 0.25) is 0 Å². The maximum absolute atomic E-state index is 11.1. The van der Waals surface area contributed by atoms with E-state index in [1.54, 1.807) is 6.92 Å². The first-order valence-electron chi connectivity index (χ1n) is 4.41. The van der Waals surface area contributed by atoms with Gasteiger partial charge in [-0.1, -0.05) is 0 Å². The Balaban J connectivity index is 2.55. The van der Waals surface area contributed by atoms with E-state index in [0.717, 1.165) is 0 Å². The summed E-state index contributed by atoms with van der Waals surface area (Å²) in [6.45, 7) is 1.73. The van der Waals surface area contributed by atoms with Gasteiger partial charge < -0.3 is 4.90 Å². The van der Waals surface area contributed by atoms with Gasteiger partial charge in [0.1, 0.15) is 9.84 Å². The summed E-state index contributed by atoms with van der Waals surface area (Å²) in [6.07, 6.45) is 1.32. The first-order chi connectivity index (χ1) is 5.92. The summed E-state index contributed by atoms with van der Waals surface area (Å²) >= 11 is 0. The number of hydrogen-bond donors (Lipinski definition) is 1. The molecule has 1 N–H and O–H groups in total. The van der Waals surface area contributed by atoms with Gasteiger partial charge >= 0.3 is 0 Å². The highest BCUT2D eigenvalue weighted by Crippen LogP contribution is 2.16. The van der Waals surface area contributed by atoms with E-state index < -0.39 is 9.84 Å². The fourth-order valence-corrected chi connectivity index (χ4v) is 3.01. The smallest absolute Gasteiger partial charge is 0.150 e. The molecule has 1 saturated heterocycles. The van der Waals surface area contributed by atoms with E-state index in [0.29, 0.717) is 18.7 Å². The quantitative estimate of drug-likeness (QED) is 0.499. The Morgan fingerprint density at radius 3 is 2.23 bits per heavy atom. The lowest BCUT2D eigenvalue weighted by Crippen LogP contribution is -2.41. The normalized spacial score (nSPS) is 22.6. The molecule has 1 heterocycles. The van der Waals surface area contributed by atoms with Crippen molar-refractivity contribution in [2.24, 2.45) is 0 Å². The highest BCUT2D eigenvalue weighted by atomic mass is 32.2. The second kappa shape index (κ2) is 3.65. The molecule has 5 heteroatoms. The third-order valence-electron chi connectivity index (χ3n) is 2.60. The molecule has 1 aliphatic heterocycles. The molecule has 1 rings (SSSR count). The summed E-state index contributed by atoms with van der Waals surface area (Å²) in [5.41, 5.74) is 0. The molecule has 0 aliphatic carbocycles. The van der Waals surface area contributed by atoms with Gasteiger partial charge in [-0.15, -0.1) is 0 Å². The molecule has 0 spiro atoms. The number of sulfone groups is 1. The molecular weight excluding hydrogens is 188 g/mol. The number of hydrogen-bond acceptors (Lipinski definition) is 3. The summed E-state index contributed by atoms with van der Waals surface area (Å²) in [5, 5.41) is 7.41. The van der Waals surface area contributed by atoms with E-state index in [1.165, 1.54) is 0 Å². The third kappa shape index (κ3) is 2.69. The van der Waals surface area contributed by atoms with E-state index >= 15 is 0 Å². The summed E-state index contributed by atoms with van der Waals surface area (Å²) < 4.78 is 22.2. The second-order valence-corrected chi connectivity index (χ2v) is 5.88. The number of nitrogens with zero attached hydrogens (tertiary/aromatic N) is 1. The summed E-state index contributed by atoms with van der Waals surface area (Å²) in [6, 6.07) is 0.237. The minimum atomic E-state index is -2.77. The van der Waals surface area contributed by atoms with Crippen LogP contribution in [-0.4, -0.2) is 43.7 Å². The van der Waals surface area contributed by atoms with Crippen LogP contribution in [0.3, 0.4) is 0 Å². The van der Waals surface area contributed by atoms with Crippen LogP contribution in [0, 0.1) is 5.41 Å². The van der Waals surface area contributed by atoms with Gasteiger partial charge in [0.2, 0.25) is 0 Å². The van der Waals surface area contributed by atoms with Gasteiger partial charge in [-0.2, -0.15) is 0 Å². The van der Waals surface area contributed by atoms with Gasteiger partial charge in [0.05, 0.1) is 17.3 Å². The Morgan fingerprint density at radius 1 is 1.38 bits per heavy atom. The number of amidine groups is 1. The van der Waals surface area contributed by atoms with Crippen LogP contribution in [0.5, 0.6) is 0 Å². The first-order valence-corrected chi connectivity index (χ1v) is 6.23. The molecule has 0 aromatic carbocycles. The molecule has 1 fully saturated rings. The number of rotatable bonds is 1. The lowest BCUT2D eigenvalue weighted by Gasteiger charge is -2.31. The standard InChI is InChI=1S/C8H16N2O2S/c1-7(9)10(2)8-3-5-13(11,12)6-4-8/h8-9H,3-6H2,1-2H3. The molecule has 0 atom stereocenters. The van der Waals surface area contributed by atoms with Crippen LogP contribution in [0.1, 0.15) is 19.8 Å². The van der Waals surface area contributed by atoms with E-state index in [2.05, 4.69) is 0 Å². The van der Waals surface area contributed by atoms with Crippen molar-refractivity contribution in [1.29, 1.82) is 5.41 Å². The Bertz CT molecular complexity index is 283. The van der Waals surface area contributed by atoms with Crippen LogP contribution in [-0.2, 0) is 9.84 Å². The fraction of sp³-hybridized carbons (Fsp3) is 0.875. The molecule has 0 unspecified atom stereocenters. The molecule has 0 amide bonds. The molecule has 76 valence electrons. The third-order valence-corrected chi connectivity index (χ3v) is 4.32. The van der Waals surface area contributed by atoms with Gasteiger partial charge in [0, 0.05) is 13.1 Å². The van der Waals surface area contributed by atoms with Crippen molar-refractivity contribution in [2.45, 2.75) is 25.8 Å². The van der Waals surface area contributed by atoms with E-state index in [9.17, 15) is 8.42 Å². The predicted molar refractivity (Wildman–Crippen MR) is 52.8 cm³/mol. The minimum Gasteiger partial charge on any atom is -0.361 e. The molecule has 4 nitrogen and oxygen atoms in total. The predicted octanol–water partition coefficient (Wildman–Crippen LogP) is 0.493. The van der Waals surface area contributed by atoms with Crippen molar-refractivity contribution >= 4 is 15.7 Å². The van der Waals surface area contributed by atoms with E-state index in [1.807, 2.05) is 11.9 Å². The molecule has 0 aromatic rings. The first kappa shape index (κ1) is 10.5. The van der Waals surface area contributed by atoms with Crippen LogP contribution >= 0.6 is 0 Å². The lowest BCUT2D eigenvalue weighted by molar-refractivity contribution is 0.334. The molecule has 0 radical (unpaired) electrons. The van der Waals surface area contributed by atoms with Gasteiger partial charge in [-0.25, -0.2) is 8.42 Å². The SMILES string of the molecule is CC(=N)N(C)C1CCS(=O)(=O)CC1. The highest BCUT2D eigenvalue weighted by molar-refractivity contribution is 7.91. The van der Waals surface area contributed by atoms with Gasteiger partial charge in [0.25, 0.3) is 0 Å². The van der Waals surface area contributed by atoms with E-state index in [-0.39, 0.29) is 17.5 Å². The van der Waals surface area contributed by atoms with Gasteiger partial charge in [-0.05, 0) is 19.8 Å². The molecule has 1 aliphatic rings. The maximum Gasteiger partial charge on any atom is 0.150 e. The minimum absolute atomic E-state index is 0.237. The average Bonchev–Trinajstić information content (AvgIpc) is 2.03. The monoisotopic (exact) mass is 204 g/mol. The van der Waals surface area contributed by atoms with Gasteiger partial charge in [0.15, 0.2) is 0 Å². The maximum atomic E-state index is 11.1. The van der Waals surface area contributed by atoms with Crippen molar-refractivity contribution in [2.75, 3.05) is 18.6 Å². The Kier molecular flexibility index (Phi) is 2.95. The molecular formula is C8H16N2O2S. The topological polar surface area (TPSA) is 61.2 Å². The number of nitrogens with one attached hydrogen (secondary N) is 1. The zero-order chi connectivity index (χ0) is 10.1. The van der Waals surface area contributed by atoms with Crippen LogP contribution < -0.4 is 0 Å². The second-order valence-electron chi connectivity index (χ2n) is 3.58. The Morgan fingerprint density at radius 2 is 1.85 bits per heavy atom. The summed E-state index contributed by atoms with van der Waals surface area (Å²) in [5.74, 6) is 1.05. The Labute approximate surface area is 79.4 Å². The Hall–Kier alpha value is -0.580. The summed E-state index contributed by atoms with van der Waals surface area (Å²) in [4.78, 5) is 1.86. The van der Waals surface area contributed by atoms with Crippen LogP contribution in [0.15, 0.2) is 0 Å². The van der Waals surface area contributed by atoms with E-state index in [4.69, 9.17) is 5.41 Å². The van der Waals surface area contributed by atoms with Crippen LogP contribution in [0.25, 0.3) is 0 Å². The van der Waals surface area contributed by atoms with Crippen molar-refractivity contribution in [3.8, 4) is 0 Å². The zero-order valence-corrected chi connectivity index (χ0v) is 8.89. The fourth-order valence-electron chi connectivity index (χ4n) is 1.54. The van der Waals surface area contributed by atoms with Crippen molar-refractivity contribution in [3.63, 3.8) is 0 Å². The van der Waals surface area contributed by atoms with Crippen molar-refractivity contribution in [3.05, 3.63) is 0 Å². The average molecular weight is 204 g/mol. The van der Waals surface area contributed by atoms with Crippen molar-refractivity contribution < 1.29 is 8.42 Å².